The monoisotopic (exact) mass is 502 g/mol. The molecule has 0 unspecified atom stereocenters. The van der Waals surface area contributed by atoms with Crippen LogP contribution in [0.2, 0.25) is 0 Å². The minimum atomic E-state index is -0.880. The lowest BCUT2D eigenvalue weighted by molar-refractivity contribution is 0.0991. The highest BCUT2D eigenvalue weighted by molar-refractivity contribution is 6.05. The maximum absolute atomic E-state index is 11.5. The first-order chi connectivity index (χ1) is 17.8. The predicted octanol–water partition coefficient (Wildman–Crippen LogP) is 6.93. The van der Waals surface area contributed by atoms with Crippen molar-refractivity contribution in [2.45, 2.75) is 45.6 Å². The Morgan fingerprint density at radius 3 is 2.38 bits per heavy atom. The Hall–Kier alpha value is -4.07. The first-order valence-electron chi connectivity index (χ1n) is 12.5. The third kappa shape index (κ3) is 6.02. The quantitative estimate of drug-likeness (QED) is 0.227. The molecule has 37 heavy (non-hydrogen) atoms. The van der Waals surface area contributed by atoms with E-state index in [1.165, 1.54) is 11.2 Å². The van der Waals surface area contributed by atoms with Gasteiger partial charge >= 0.3 is 6.09 Å². The van der Waals surface area contributed by atoms with Crippen LogP contribution in [0, 0.1) is 0 Å². The van der Waals surface area contributed by atoms with Crippen molar-refractivity contribution >= 4 is 23.0 Å². The van der Waals surface area contributed by atoms with Crippen LogP contribution in [-0.4, -0.2) is 51.8 Å². The van der Waals surface area contributed by atoms with Gasteiger partial charge in [0.1, 0.15) is 23.7 Å². The van der Waals surface area contributed by atoms with Crippen LogP contribution >= 0.6 is 0 Å². The van der Waals surface area contributed by atoms with Gasteiger partial charge in [0, 0.05) is 29.8 Å². The van der Waals surface area contributed by atoms with E-state index in [9.17, 15) is 9.90 Å². The highest BCUT2D eigenvalue weighted by atomic mass is 16.5. The Morgan fingerprint density at radius 1 is 1.00 bits per heavy atom. The zero-order valence-electron chi connectivity index (χ0n) is 21.8. The molecule has 4 aromatic rings. The highest BCUT2D eigenvalue weighted by Gasteiger charge is 2.25. The SMILES string of the molecule is COc1ccc(-c2c(-c3ccccc3)oc3ncnc(NCCCCCN(C(=O)O)C(C)(C)C)c23)cc1. The van der Waals surface area contributed by atoms with Gasteiger partial charge in [-0.1, -0.05) is 42.5 Å². The number of carboxylic acid groups (broad SMARTS) is 1. The summed E-state index contributed by atoms with van der Waals surface area (Å²) in [5, 5.41) is 13.8. The van der Waals surface area contributed by atoms with Crippen LogP contribution in [0.5, 0.6) is 5.75 Å². The lowest BCUT2D eigenvalue weighted by Gasteiger charge is -2.33. The average Bonchev–Trinajstić information content (AvgIpc) is 3.28. The van der Waals surface area contributed by atoms with Crippen LogP contribution in [0.25, 0.3) is 33.6 Å². The van der Waals surface area contributed by atoms with E-state index in [2.05, 4.69) is 15.3 Å². The molecule has 0 aliphatic rings. The maximum atomic E-state index is 11.5. The summed E-state index contributed by atoms with van der Waals surface area (Å²) in [6.07, 6.45) is 3.20. The van der Waals surface area contributed by atoms with Gasteiger partial charge in [-0.15, -0.1) is 0 Å². The van der Waals surface area contributed by atoms with Gasteiger partial charge in [-0.2, -0.15) is 0 Å². The van der Waals surface area contributed by atoms with Crippen molar-refractivity contribution in [1.82, 2.24) is 14.9 Å². The second-order valence-electron chi connectivity index (χ2n) is 9.90. The normalized spacial score (nSPS) is 11.5. The number of ether oxygens (including phenoxy) is 1. The number of unbranched alkanes of at least 4 members (excludes halogenated alkanes) is 2. The largest absolute Gasteiger partial charge is 0.497 e. The molecule has 1 amide bonds. The first-order valence-corrected chi connectivity index (χ1v) is 12.5. The van der Waals surface area contributed by atoms with Crippen LogP contribution < -0.4 is 10.1 Å². The van der Waals surface area contributed by atoms with Gasteiger partial charge < -0.3 is 24.5 Å². The Balaban J connectivity index is 1.56. The van der Waals surface area contributed by atoms with E-state index in [-0.39, 0.29) is 0 Å². The smallest absolute Gasteiger partial charge is 0.407 e. The van der Waals surface area contributed by atoms with E-state index in [1.807, 2.05) is 75.4 Å². The van der Waals surface area contributed by atoms with Gasteiger partial charge in [-0.25, -0.2) is 14.8 Å². The molecule has 8 heteroatoms. The lowest BCUT2D eigenvalue weighted by atomic mass is 9.99. The number of furan rings is 1. The zero-order chi connectivity index (χ0) is 26.4. The Morgan fingerprint density at radius 2 is 1.73 bits per heavy atom. The van der Waals surface area contributed by atoms with Crippen molar-refractivity contribution in [2.75, 3.05) is 25.5 Å². The van der Waals surface area contributed by atoms with Gasteiger partial charge in [0.2, 0.25) is 5.71 Å². The standard InChI is InChI=1S/C29H34N4O4/c1-29(2,3)33(28(34)35)18-10-6-9-17-30-26-24-23(20-13-15-22(36-4)16-14-20)25(21-11-7-5-8-12-21)37-27(24)32-19-31-26/h5,7-8,11-16,19H,6,9-10,17-18H2,1-4H3,(H,34,35)(H,30,31,32). The van der Waals surface area contributed by atoms with Crippen LogP contribution in [0.1, 0.15) is 40.0 Å². The molecular formula is C29H34N4O4. The van der Waals surface area contributed by atoms with Crippen LogP contribution in [0.15, 0.2) is 65.3 Å². The Bertz CT molecular complexity index is 1330. The number of methoxy groups -OCH3 is 1. The molecule has 0 radical (unpaired) electrons. The molecule has 0 atom stereocenters. The van der Waals surface area contributed by atoms with Crippen molar-refractivity contribution in [3.05, 3.63) is 60.9 Å². The summed E-state index contributed by atoms with van der Waals surface area (Å²) >= 11 is 0. The third-order valence-corrected chi connectivity index (χ3v) is 6.29. The fourth-order valence-electron chi connectivity index (χ4n) is 4.39. The number of rotatable bonds is 10. The van der Waals surface area contributed by atoms with Gasteiger partial charge in [-0.3, -0.25) is 0 Å². The summed E-state index contributed by atoms with van der Waals surface area (Å²) in [5.74, 6) is 2.23. The molecule has 0 aliphatic heterocycles. The number of fused-ring (bicyclic) bond motifs is 1. The number of carbonyl (C=O) groups is 1. The first kappa shape index (κ1) is 26.0. The Labute approximate surface area is 217 Å². The van der Waals surface area contributed by atoms with Crippen molar-refractivity contribution in [2.24, 2.45) is 0 Å². The number of nitrogens with zero attached hydrogens (tertiary/aromatic N) is 3. The minimum absolute atomic E-state index is 0.410. The van der Waals surface area contributed by atoms with Gasteiger partial charge in [0.25, 0.3) is 0 Å². The number of nitrogens with one attached hydrogen (secondary N) is 1. The lowest BCUT2D eigenvalue weighted by Crippen LogP contribution is -2.45. The molecule has 0 bridgehead atoms. The topological polar surface area (TPSA) is 101 Å². The van der Waals surface area contributed by atoms with Gasteiger partial charge in [0.05, 0.1) is 12.5 Å². The van der Waals surface area contributed by atoms with Crippen LogP contribution in [0.4, 0.5) is 10.6 Å². The molecule has 2 aromatic carbocycles. The van der Waals surface area contributed by atoms with E-state index in [4.69, 9.17) is 9.15 Å². The minimum Gasteiger partial charge on any atom is -0.497 e. The summed E-state index contributed by atoms with van der Waals surface area (Å²) in [7, 11) is 1.65. The molecule has 0 aliphatic carbocycles. The third-order valence-electron chi connectivity index (χ3n) is 6.29. The second kappa shape index (κ2) is 11.3. The molecule has 194 valence electrons. The van der Waals surface area contributed by atoms with Gasteiger partial charge in [-0.05, 0) is 57.7 Å². The van der Waals surface area contributed by atoms with Crippen molar-refractivity contribution in [3.63, 3.8) is 0 Å². The van der Waals surface area contributed by atoms with Crippen molar-refractivity contribution in [1.29, 1.82) is 0 Å². The molecule has 2 heterocycles. The molecule has 0 spiro atoms. The molecule has 4 rings (SSSR count). The Kier molecular flexibility index (Phi) is 7.96. The van der Waals surface area contributed by atoms with Crippen LogP contribution in [0.3, 0.4) is 0 Å². The summed E-state index contributed by atoms with van der Waals surface area (Å²) in [5.41, 5.74) is 2.97. The number of benzene rings is 2. The highest BCUT2D eigenvalue weighted by Crippen LogP contribution is 2.42. The maximum Gasteiger partial charge on any atom is 0.407 e. The summed E-state index contributed by atoms with van der Waals surface area (Å²) in [6, 6.07) is 17.9. The van der Waals surface area contributed by atoms with Crippen molar-refractivity contribution in [3.8, 4) is 28.2 Å². The molecule has 2 aromatic heterocycles. The summed E-state index contributed by atoms with van der Waals surface area (Å²) in [6.45, 7) is 6.96. The van der Waals surface area contributed by atoms with E-state index in [1.54, 1.807) is 7.11 Å². The number of aromatic nitrogens is 2. The van der Waals surface area contributed by atoms with E-state index >= 15 is 0 Å². The average molecular weight is 503 g/mol. The molecule has 0 saturated heterocycles. The van der Waals surface area contributed by atoms with E-state index in [0.29, 0.717) is 24.6 Å². The molecule has 8 nitrogen and oxygen atoms in total. The van der Waals surface area contributed by atoms with Crippen molar-refractivity contribution < 1.29 is 19.1 Å². The summed E-state index contributed by atoms with van der Waals surface area (Å²) in [4.78, 5) is 22.0. The second-order valence-corrected chi connectivity index (χ2v) is 9.90. The number of hydrogen-bond donors (Lipinski definition) is 2. The number of anilines is 1. The fourth-order valence-corrected chi connectivity index (χ4v) is 4.39. The van der Waals surface area contributed by atoms with Gasteiger partial charge in [0.15, 0.2) is 0 Å². The summed E-state index contributed by atoms with van der Waals surface area (Å²) < 4.78 is 11.6. The molecule has 0 saturated carbocycles. The molecular weight excluding hydrogens is 468 g/mol. The number of hydrogen-bond acceptors (Lipinski definition) is 6. The number of amides is 1. The molecule has 0 fully saturated rings. The predicted molar refractivity (Wildman–Crippen MR) is 146 cm³/mol. The van der Waals surface area contributed by atoms with E-state index in [0.717, 1.165) is 52.8 Å². The van der Waals surface area contributed by atoms with Crippen LogP contribution in [-0.2, 0) is 0 Å². The van der Waals surface area contributed by atoms with E-state index < -0.39 is 11.6 Å². The fraction of sp³-hybridized carbons (Fsp3) is 0.345. The zero-order valence-corrected chi connectivity index (χ0v) is 21.8. The molecule has 2 N–H and O–H groups in total.